The second-order valence-corrected chi connectivity index (χ2v) is 6.53. The van der Waals surface area contributed by atoms with Crippen molar-refractivity contribution in [3.8, 4) is 0 Å². The fourth-order valence-corrected chi connectivity index (χ4v) is 3.09. The molecule has 0 bridgehead atoms. The first-order valence-electron chi connectivity index (χ1n) is 7.55. The molecule has 0 aliphatic rings. The van der Waals surface area contributed by atoms with Crippen LogP contribution < -0.4 is 11.2 Å². The molecule has 2 aromatic heterocycles. The topological polar surface area (TPSA) is 82.1 Å². The number of aliphatic hydroxyl groups excluding tert-OH is 1. The van der Waals surface area contributed by atoms with Crippen LogP contribution in [-0.2, 0) is 27.1 Å². The van der Waals surface area contributed by atoms with Gasteiger partial charge in [0.15, 0.2) is 11.2 Å². The van der Waals surface area contributed by atoms with E-state index in [0.717, 1.165) is 4.57 Å². The highest BCUT2D eigenvalue weighted by molar-refractivity contribution is 6.42. The molecule has 0 aliphatic carbocycles. The number of rotatable bonds is 4. The number of hydrogen-bond donors (Lipinski definition) is 1. The lowest BCUT2D eigenvalue weighted by atomic mass is 10.2. The highest BCUT2D eigenvalue weighted by atomic mass is 35.5. The van der Waals surface area contributed by atoms with Crippen molar-refractivity contribution >= 4 is 34.4 Å². The first-order valence-corrected chi connectivity index (χ1v) is 8.30. The Morgan fingerprint density at radius 3 is 2.48 bits per heavy atom. The average Bonchev–Trinajstić information content (AvgIpc) is 2.90. The van der Waals surface area contributed by atoms with Gasteiger partial charge in [-0.25, -0.2) is 9.78 Å². The molecule has 0 amide bonds. The van der Waals surface area contributed by atoms with E-state index in [1.165, 1.54) is 4.57 Å². The largest absolute Gasteiger partial charge is 0.396 e. The van der Waals surface area contributed by atoms with Gasteiger partial charge in [-0.3, -0.25) is 13.9 Å². The summed E-state index contributed by atoms with van der Waals surface area (Å²) in [5.74, 6) is 0.539. The SMILES string of the molecule is Cn1c(CCO)nc2c1c(=O)n(Cc1ccc(Cl)c(Cl)c1)c(=O)n2C. The quantitative estimate of drug-likeness (QED) is 0.737. The third-order valence-electron chi connectivity index (χ3n) is 4.11. The summed E-state index contributed by atoms with van der Waals surface area (Å²) in [5.41, 5.74) is 0.378. The van der Waals surface area contributed by atoms with Crippen LogP contribution in [0.4, 0.5) is 0 Å². The molecule has 0 atom stereocenters. The zero-order chi connectivity index (χ0) is 18.3. The normalized spacial score (nSPS) is 11.4. The lowest BCUT2D eigenvalue weighted by Crippen LogP contribution is -2.39. The van der Waals surface area contributed by atoms with E-state index in [2.05, 4.69) is 4.98 Å². The summed E-state index contributed by atoms with van der Waals surface area (Å²) < 4.78 is 4.07. The van der Waals surface area contributed by atoms with E-state index in [0.29, 0.717) is 39.0 Å². The predicted octanol–water partition coefficient (Wildman–Crippen LogP) is 1.32. The third kappa shape index (κ3) is 2.99. The predicted molar refractivity (Wildman–Crippen MR) is 96.6 cm³/mol. The number of hydrogen-bond acceptors (Lipinski definition) is 4. The van der Waals surface area contributed by atoms with E-state index in [1.54, 1.807) is 36.9 Å². The Labute approximate surface area is 152 Å². The lowest BCUT2D eigenvalue weighted by Gasteiger charge is -2.09. The molecule has 9 heteroatoms. The molecular weight excluding hydrogens is 367 g/mol. The van der Waals surface area contributed by atoms with Crippen molar-refractivity contribution in [3.05, 3.63) is 60.5 Å². The Morgan fingerprint density at radius 2 is 1.84 bits per heavy atom. The molecule has 2 heterocycles. The summed E-state index contributed by atoms with van der Waals surface area (Å²) in [6, 6.07) is 4.96. The highest BCUT2D eigenvalue weighted by Gasteiger charge is 2.18. The highest BCUT2D eigenvalue weighted by Crippen LogP contribution is 2.22. The Kier molecular flexibility index (Phi) is 4.73. The summed E-state index contributed by atoms with van der Waals surface area (Å²) in [5, 5.41) is 9.89. The molecule has 132 valence electrons. The number of fused-ring (bicyclic) bond motifs is 1. The molecule has 7 nitrogen and oxygen atoms in total. The van der Waals surface area contributed by atoms with Crippen LogP contribution >= 0.6 is 23.2 Å². The fourth-order valence-electron chi connectivity index (χ4n) is 2.77. The Balaban J connectivity index is 2.21. The van der Waals surface area contributed by atoms with Crippen LogP contribution in [0, 0.1) is 0 Å². The smallest absolute Gasteiger partial charge is 0.332 e. The van der Waals surface area contributed by atoms with Gasteiger partial charge < -0.3 is 9.67 Å². The van der Waals surface area contributed by atoms with E-state index in [1.807, 2.05) is 0 Å². The molecule has 0 saturated heterocycles. The maximum Gasteiger partial charge on any atom is 0.332 e. The van der Waals surface area contributed by atoms with Gasteiger partial charge in [0.2, 0.25) is 0 Å². The second kappa shape index (κ2) is 6.67. The van der Waals surface area contributed by atoms with Crippen LogP contribution in [0.5, 0.6) is 0 Å². The van der Waals surface area contributed by atoms with E-state index < -0.39 is 11.2 Å². The van der Waals surface area contributed by atoms with E-state index in [-0.39, 0.29) is 13.2 Å². The number of aliphatic hydroxyl groups is 1. The van der Waals surface area contributed by atoms with Gasteiger partial charge >= 0.3 is 5.69 Å². The summed E-state index contributed by atoms with van der Waals surface area (Å²) >= 11 is 11.9. The maximum atomic E-state index is 12.9. The molecular formula is C16H16Cl2N4O3. The number of imidazole rings is 1. The van der Waals surface area contributed by atoms with Gasteiger partial charge in [0.1, 0.15) is 5.82 Å². The van der Waals surface area contributed by atoms with Crippen LogP contribution in [0.3, 0.4) is 0 Å². The Morgan fingerprint density at radius 1 is 1.12 bits per heavy atom. The van der Waals surface area contributed by atoms with E-state index in [9.17, 15) is 9.59 Å². The zero-order valence-electron chi connectivity index (χ0n) is 13.7. The van der Waals surface area contributed by atoms with Gasteiger partial charge in [0, 0.05) is 20.5 Å². The Bertz CT molecular complexity index is 1080. The molecule has 0 radical (unpaired) electrons. The van der Waals surface area contributed by atoms with Crippen LogP contribution in [0.25, 0.3) is 11.2 Å². The zero-order valence-corrected chi connectivity index (χ0v) is 15.2. The molecule has 3 aromatic rings. The van der Waals surface area contributed by atoms with Gasteiger partial charge in [-0.2, -0.15) is 0 Å². The van der Waals surface area contributed by atoms with Crippen molar-refractivity contribution in [3.63, 3.8) is 0 Å². The van der Waals surface area contributed by atoms with Crippen LogP contribution in [-0.4, -0.2) is 30.4 Å². The molecule has 3 rings (SSSR count). The monoisotopic (exact) mass is 382 g/mol. The minimum Gasteiger partial charge on any atom is -0.396 e. The summed E-state index contributed by atoms with van der Waals surface area (Å²) in [6.07, 6.45) is 0.297. The summed E-state index contributed by atoms with van der Waals surface area (Å²) in [4.78, 5) is 29.8. The van der Waals surface area contributed by atoms with Crippen molar-refractivity contribution < 1.29 is 5.11 Å². The number of aromatic nitrogens is 4. The first kappa shape index (κ1) is 17.7. The second-order valence-electron chi connectivity index (χ2n) is 5.71. The lowest BCUT2D eigenvalue weighted by molar-refractivity contribution is 0.295. The first-order chi connectivity index (χ1) is 11.8. The van der Waals surface area contributed by atoms with Crippen LogP contribution in [0.2, 0.25) is 10.0 Å². The number of halogens is 2. The number of nitrogens with zero attached hydrogens (tertiary/aromatic N) is 4. The molecule has 0 spiro atoms. The minimum absolute atomic E-state index is 0.0683. The molecule has 25 heavy (non-hydrogen) atoms. The molecule has 0 saturated carbocycles. The fraction of sp³-hybridized carbons (Fsp3) is 0.312. The average molecular weight is 383 g/mol. The molecule has 1 aromatic carbocycles. The molecule has 0 aliphatic heterocycles. The number of aryl methyl sites for hydroxylation is 2. The molecule has 0 fully saturated rings. The maximum absolute atomic E-state index is 12.9. The Hall–Kier alpha value is -2.09. The van der Waals surface area contributed by atoms with E-state index >= 15 is 0 Å². The van der Waals surface area contributed by atoms with Gasteiger partial charge in [0.25, 0.3) is 5.56 Å². The minimum atomic E-state index is -0.475. The standard InChI is InChI=1S/C16H16Cl2N4O3/c1-20-12(5-6-23)19-14-13(20)15(24)22(16(25)21(14)2)8-9-3-4-10(17)11(18)7-9/h3-4,7,23H,5-6,8H2,1-2H3. The van der Waals surface area contributed by atoms with Crippen molar-refractivity contribution in [2.75, 3.05) is 6.61 Å². The van der Waals surface area contributed by atoms with Gasteiger partial charge in [-0.15, -0.1) is 0 Å². The van der Waals surface area contributed by atoms with E-state index in [4.69, 9.17) is 28.3 Å². The van der Waals surface area contributed by atoms with Gasteiger partial charge in [-0.05, 0) is 17.7 Å². The number of benzene rings is 1. The summed E-state index contributed by atoms with van der Waals surface area (Å²) in [6.45, 7) is -0.0264. The molecule has 0 unspecified atom stereocenters. The van der Waals surface area contributed by atoms with Gasteiger partial charge in [0.05, 0.1) is 23.2 Å². The van der Waals surface area contributed by atoms with Crippen molar-refractivity contribution in [1.82, 2.24) is 18.7 Å². The molecule has 1 N–H and O–H groups in total. The van der Waals surface area contributed by atoms with Crippen molar-refractivity contribution in [2.24, 2.45) is 14.1 Å². The summed E-state index contributed by atoms with van der Waals surface area (Å²) in [7, 11) is 3.25. The van der Waals surface area contributed by atoms with Crippen LogP contribution in [0.15, 0.2) is 27.8 Å². The third-order valence-corrected chi connectivity index (χ3v) is 4.85. The van der Waals surface area contributed by atoms with Crippen LogP contribution in [0.1, 0.15) is 11.4 Å². The van der Waals surface area contributed by atoms with Crippen molar-refractivity contribution in [1.29, 1.82) is 0 Å². The van der Waals surface area contributed by atoms with Gasteiger partial charge in [-0.1, -0.05) is 29.3 Å². The van der Waals surface area contributed by atoms with Crippen molar-refractivity contribution in [2.45, 2.75) is 13.0 Å².